The van der Waals surface area contributed by atoms with E-state index in [0.29, 0.717) is 36.5 Å². The highest BCUT2D eigenvalue weighted by atomic mass is 16.5. The minimum absolute atomic E-state index is 0.258. The van der Waals surface area contributed by atoms with E-state index in [1.807, 2.05) is 42.5 Å². The van der Waals surface area contributed by atoms with Gasteiger partial charge < -0.3 is 10.1 Å². The van der Waals surface area contributed by atoms with E-state index in [2.05, 4.69) is 22.4 Å². The molecule has 0 spiro atoms. The summed E-state index contributed by atoms with van der Waals surface area (Å²) in [5.41, 5.74) is 3.82. The first-order chi connectivity index (χ1) is 15.2. The number of hydrogen-bond acceptors (Lipinski definition) is 5. The van der Waals surface area contributed by atoms with Gasteiger partial charge in [-0.1, -0.05) is 48.9 Å². The molecule has 0 aliphatic carbocycles. The number of pyridine rings is 1. The van der Waals surface area contributed by atoms with Gasteiger partial charge in [0.2, 0.25) is 5.91 Å². The maximum atomic E-state index is 12.6. The van der Waals surface area contributed by atoms with Gasteiger partial charge in [0.1, 0.15) is 11.4 Å². The summed E-state index contributed by atoms with van der Waals surface area (Å²) in [7, 11) is 0. The van der Waals surface area contributed by atoms with E-state index in [-0.39, 0.29) is 12.3 Å². The van der Waals surface area contributed by atoms with Crippen LogP contribution in [0.4, 0.5) is 0 Å². The molecule has 0 aliphatic heterocycles. The lowest BCUT2D eigenvalue weighted by Gasteiger charge is -2.12. The van der Waals surface area contributed by atoms with Crippen LogP contribution in [0.25, 0.3) is 10.9 Å². The third-order valence-corrected chi connectivity index (χ3v) is 4.89. The summed E-state index contributed by atoms with van der Waals surface area (Å²) in [6, 6.07) is 19.4. The number of unbranched alkanes of at least 4 members (excludes halogenated alkanes) is 2. The molecule has 3 N–H and O–H groups in total. The molecule has 0 saturated heterocycles. The van der Waals surface area contributed by atoms with Gasteiger partial charge in [-0.2, -0.15) is 0 Å². The number of hydroxylamine groups is 1. The quantitative estimate of drug-likeness (QED) is 0.249. The number of fused-ring (bicyclic) bond motifs is 1. The predicted octanol–water partition coefficient (Wildman–Crippen LogP) is 3.65. The fourth-order valence-corrected chi connectivity index (χ4v) is 3.24. The average molecular weight is 421 g/mol. The zero-order valence-corrected chi connectivity index (χ0v) is 17.3. The third-order valence-electron chi connectivity index (χ3n) is 4.89. The van der Waals surface area contributed by atoms with Gasteiger partial charge in [0.25, 0.3) is 5.91 Å². The molecule has 0 saturated carbocycles. The topological polar surface area (TPSA) is 101 Å². The van der Waals surface area contributed by atoms with Crippen molar-refractivity contribution < 1.29 is 19.5 Å². The zero-order chi connectivity index (χ0) is 21.9. The number of amides is 2. The summed E-state index contributed by atoms with van der Waals surface area (Å²) in [5.74, 6) is -0.0161. The fourth-order valence-electron chi connectivity index (χ4n) is 3.24. The molecule has 2 aromatic carbocycles. The normalized spacial score (nSPS) is 10.6. The van der Waals surface area contributed by atoms with Gasteiger partial charge in [-0.3, -0.25) is 14.8 Å². The Kier molecular flexibility index (Phi) is 8.37. The smallest absolute Gasteiger partial charge is 0.270 e. The summed E-state index contributed by atoms with van der Waals surface area (Å²) in [6.07, 6.45) is 3.19. The molecule has 31 heavy (non-hydrogen) atoms. The van der Waals surface area contributed by atoms with Gasteiger partial charge in [0.15, 0.2) is 0 Å². The summed E-state index contributed by atoms with van der Waals surface area (Å²) >= 11 is 0. The lowest BCUT2D eigenvalue weighted by Crippen LogP contribution is -2.25. The van der Waals surface area contributed by atoms with E-state index in [0.717, 1.165) is 24.6 Å². The third kappa shape index (κ3) is 6.79. The van der Waals surface area contributed by atoms with Crippen molar-refractivity contribution in [3.8, 4) is 5.75 Å². The van der Waals surface area contributed by atoms with E-state index in [1.165, 1.54) is 5.56 Å². The number of benzene rings is 2. The van der Waals surface area contributed by atoms with Crippen molar-refractivity contribution in [3.05, 3.63) is 71.9 Å². The Morgan fingerprint density at radius 1 is 0.968 bits per heavy atom. The van der Waals surface area contributed by atoms with Crippen LogP contribution in [-0.2, 0) is 11.2 Å². The molecule has 0 bridgehead atoms. The van der Waals surface area contributed by atoms with Crippen LogP contribution >= 0.6 is 0 Å². The molecule has 3 rings (SSSR count). The maximum Gasteiger partial charge on any atom is 0.270 e. The summed E-state index contributed by atoms with van der Waals surface area (Å²) in [5, 5.41) is 12.2. The van der Waals surface area contributed by atoms with Gasteiger partial charge in [-0.25, -0.2) is 10.5 Å². The van der Waals surface area contributed by atoms with E-state index in [1.54, 1.807) is 11.5 Å². The van der Waals surface area contributed by atoms with Gasteiger partial charge in [0.05, 0.1) is 12.1 Å². The minimum atomic E-state index is -0.399. The van der Waals surface area contributed by atoms with Crippen LogP contribution in [0.5, 0.6) is 5.75 Å². The van der Waals surface area contributed by atoms with Crippen molar-refractivity contribution >= 4 is 22.7 Å². The number of aromatic nitrogens is 1. The molecule has 1 aromatic heterocycles. The highest BCUT2D eigenvalue weighted by molar-refractivity contribution is 5.97. The largest absolute Gasteiger partial charge is 0.492 e. The number of para-hydroxylation sites is 1. The molecule has 3 aromatic rings. The van der Waals surface area contributed by atoms with Gasteiger partial charge in [0, 0.05) is 30.8 Å². The van der Waals surface area contributed by atoms with Crippen molar-refractivity contribution in [2.24, 2.45) is 0 Å². The van der Waals surface area contributed by atoms with Crippen molar-refractivity contribution in [3.63, 3.8) is 0 Å². The molecule has 1 heterocycles. The molecule has 0 aliphatic rings. The molecule has 2 amide bonds. The second-order valence-electron chi connectivity index (χ2n) is 7.21. The highest BCUT2D eigenvalue weighted by Crippen LogP contribution is 2.25. The Hall–Kier alpha value is -3.45. The second-order valence-corrected chi connectivity index (χ2v) is 7.21. The Morgan fingerprint density at radius 3 is 2.55 bits per heavy atom. The lowest BCUT2D eigenvalue weighted by atomic mass is 10.1. The summed E-state index contributed by atoms with van der Waals surface area (Å²) in [4.78, 5) is 28.1. The number of nitrogens with zero attached hydrogens (tertiary/aromatic N) is 1. The van der Waals surface area contributed by atoms with Gasteiger partial charge >= 0.3 is 0 Å². The lowest BCUT2D eigenvalue weighted by molar-refractivity contribution is -0.129. The Labute approximate surface area is 181 Å². The van der Waals surface area contributed by atoms with E-state index in [9.17, 15) is 9.59 Å². The number of nitrogens with one attached hydrogen (secondary N) is 2. The van der Waals surface area contributed by atoms with Crippen molar-refractivity contribution in [1.29, 1.82) is 0 Å². The fraction of sp³-hybridized carbons (Fsp3) is 0.292. The number of carbonyl (C=O) groups is 2. The summed E-state index contributed by atoms with van der Waals surface area (Å²) in [6.45, 7) is 0.985. The van der Waals surface area contributed by atoms with Crippen molar-refractivity contribution in [1.82, 2.24) is 15.8 Å². The highest BCUT2D eigenvalue weighted by Gasteiger charge is 2.13. The molecule has 0 radical (unpaired) electrons. The first-order valence-electron chi connectivity index (χ1n) is 10.4. The number of hydrogen-bond donors (Lipinski definition) is 3. The Morgan fingerprint density at radius 2 is 1.74 bits per heavy atom. The van der Waals surface area contributed by atoms with Crippen LogP contribution in [0.15, 0.2) is 60.7 Å². The number of ether oxygens (including phenoxy) is 1. The predicted molar refractivity (Wildman–Crippen MR) is 118 cm³/mol. The first-order valence-corrected chi connectivity index (χ1v) is 10.4. The molecular formula is C24H27N3O4. The zero-order valence-electron chi connectivity index (χ0n) is 17.3. The van der Waals surface area contributed by atoms with Crippen LogP contribution < -0.4 is 15.5 Å². The van der Waals surface area contributed by atoms with Gasteiger partial charge in [-0.15, -0.1) is 0 Å². The maximum absolute atomic E-state index is 12.6. The van der Waals surface area contributed by atoms with E-state index in [4.69, 9.17) is 9.94 Å². The molecule has 7 heteroatoms. The second kappa shape index (κ2) is 11.7. The van der Waals surface area contributed by atoms with Gasteiger partial charge in [-0.05, 0) is 30.5 Å². The first kappa shape index (κ1) is 22.2. The SMILES string of the molecule is O=C(CCCCCNC(=O)c1cc(OCCc2ccccc2)c2ccccc2n1)NO. The monoisotopic (exact) mass is 421 g/mol. The van der Waals surface area contributed by atoms with E-state index < -0.39 is 5.91 Å². The van der Waals surface area contributed by atoms with Crippen LogP contribution in [0, 0.1) is 0 Å². The van der Waals surface area contributed by atoms with Crippen LogP contribution in [0.2, 0.25) is 0 Å². The van der Waals surface area contributed by atoms with Crippen molar-refractivity contribution in [2.45, 2.75) is 32.1 Å². The molecule has 162 valence electrons. The summed E-state index contributed by atoms with van der Waals surface area (Å²) < 4.78 is 6.03. The standard InChI is InChI=1S/C24H27N3O4/c28-23(27-30)13-5-2-8-15-25-24(29)21-17-22(19-11-6-7-12-20(19)26-21)31-16-14-18-9-3-1-4-10-18/h1,3-4,6-7,9-12,17,30H,2,5,8,13-16H2,(H,25,29)(H,27,28). The van der Waals surface area contributed by atoms with E-state index >= 15 is 0 Å². The molecular weight excluding hydrogens is 394 g/mol. The Balaban J connectivity index is 1.58. The molecule has 0 atom stereocenters. The van der Waals surface area contributed by atoms with Crippen LogP contribution in [-0.4, -0.2) is 35.2 Å². The average Bonchev–Trinajstić information content (AvgIpc) is 2.81. The molecule has 0 fully saturated rings. The number of rotatable bonds is 11. The molecule has 0 unspecified atom stereocenters. The van der Waals surface area contributed by atoms with Crippen molar-refractivity contribution in [2.75, 3.05) is 13.2 Å². The minimum Gasteiger partial charge on any atom is -0.492 e. The number of carbonyl (C=O) groups excluding carboxylic acids is 2. The Bertz CT molecular complexity index is 1010. The van der Waals surface area contributed by atoms with Crippen LogP contribution in [0.3, 0.4) is 0 Å². The van der Waals surface area contributed by atoms with Crippen LogP contribution in [0.1, 0.15) is 41.7 Å². The molecule has 7 nitrogen and oxygen atoms in total.